The van der Waals surface area contributed by atoms with E-state index in [1.165, 1.54) is 0 Å². The number of rotatable bonds is 11. The number of ether oxygens (including phenoxy) is 2. The van der Waals surface area contributed by atoms with E-state index in [1.54, 1.807) is 32.4 Å². The van der Waals surface area contributed by atoms with Gasteiger partial charge in [-0.1, -0.05) is 24.3 Å². The van der Waals surface area contributed by atoms with Crippen LogP contribution in [0.4, 0.5) is 22.7 Å². The highest BCUT2D eigenvalue weighted by atomic mass is 16.5. The number of amides is 1. The highest BCUT2D eigenvalue weighted by Crippen LogP contribution is 2.26. The molecule has 2 aliphatic carbocycles. The fraction of sp³-hybridized carbons (Fsp3) is 0.273. The number of Topliss-reactive ketones (excluding diaryl/α,β-unsaturated/α-hetero) is 2. The van der Waals surface area contributed by atoms with Gasteiger partial charge in [-0.25, -0.2) is 0 Å². The second kappa shape index (κ2) is 20.8. The van der Waals surface area contributed by atoms with Gasteiger partial charge in [-0.3, -0.25) is 19.2 Å². The van der Waals surface area contributed by atoms with Crippen LogP contribution in [-0.4, -0.2) is 42.8 Å². The van der Waals surface area contributed by atoms with E-state index in [-0.39, 0.29) is 30.3 Å². The molecule has 1 amide bonds. The zero-order chi connectivity index (χ0) is 39.7. The molecule has 0 aliphatic heterocycles. The molecule has 4 aromatic rings. The molecule has 0 saturated heterocycles. The number of carbonyl (C=O) groups is 4. The first-order valence-corrected chi connectivity index (χ1v) is 18.2. The number of carboxylic acid groups (broad SMARTS) is 1. The van der Waals surface area contributed by atoms with Gasteiger partial charge in [0.2, 0.25) is 5.91 Å². The molecule has 6 N–H and O–H groups in total. The van der Waals surface area contributed by atoms with Crippen LogP contribution in [0.25, 0.3) is 0 Å². The third-order valence-electron chi connectivity index (χ3n) is 9.06. The second-order valence-corrected chi connectivity index (χ2v) is 13.2. The van der Waals surface area contributed by atoms with E-state index < -0.39 is 5.97 Å². The number of benzene rings is 4. The number of hydrogen-bond acceptors (Lipinski definition) is 9. The summed E-state index contributed by atoms with van der Waals surface area (Å²) in [6.07, 6.45) is 5.01. The Bertz CT molecular complexity index is 2020. The molecule has 0 aromatic heterocycles. The van der Waals surface area contributed by atoms with Crippen LogP contribution in [0.15, 0.2) is 120 Å². The van der Waals surface area contributed by atoms with E-state index in [4.69, 9.17) is 20.3 Å². The number of hydrogen-bond donors (Lipinski definition) is 5. The molecule has 288 valence electrons. The van der Waals surface area contributed by atoms with Crippen molar-refractivity contribution in [1.82, 2.24) is 0 Å². The molecule has 4 aromatic carbocycles. The molecule has 0 atom stereocenters. The molecule has 55 heavy (non-hydrogen) atoms. The van der Waals surface area contributed by atoms with Crippen LogP contribution in [0.1, 0.15) is 63.5 Å². The number of allylic oxidation sites excluding steroid dienone is 4. The number of carboxylic acids is 1. The summed E-state index contributed by atoms with van der Waals surface area (Å²) >= 11 is 0. The van der Waals surface area contributed by atoms with Gasteiger partial charge in [0.05, 0.1) is 27.1 Å². The standard InChI is InChI=1S/C22H24N2O3.C15H17NO3.C7H9NO/c1-15-20(7-4-8-21(15)25)23-18-6-3-5-16(13-18)14-22(26)24-17-9-11-19(27-2)12-10-17;1-10-13(6-3-7-14(10)17)16-12-5-2-4-11(8-12)9-15(18)19;1-9-7-4-2-6(8)3-5-7/h3,5-6,9-13,23H,4,7-8,14H2,1-2H3,(H,24,26);2,4-5,8,16H,3,6-7,9H2,1H3,(H,18,19);2-5H,8H2,1H3. The number of carbonyl (C=O) groups excluding carboxylic acids is 3. The average molecular weight is 747 g/mol. The molecule has 0 fully saturated rings. The van der Waals surface area contributed by atoms with Gasteiger partial charge in [0.1, 0.15) is 11.5 Å². The Morgan fingerprint density at radius 1 is 0.636 bits per heavy atom. The summed E-state index contributed by atoms with van der Waals surface area (Å²) < 4.78 is 10.0. The number of nitrogens with two attached hydrogens (primary N) is 1. The lowest BCUT2D eigenvalue weighted by Crippen LogP contribution is -2.15. The topological polar surface area (TPSA) is 169 Å². The molecular formula is C44H50N4O7. The molecule has 11 heteroatoms. The van der Waals surface area contributed by atoms with Gasteiger partial charge in [-0.2, -0.15) is 0 Å². The normalized spacial score (nSPS) is 13.7. The first kappa shape index (κ1) is 41.4. The quantitative estimate of drug-likeness (QED) is 0.0941. The summed E-state index contributed by atoms with van der Waals surface area (Å²) in [5.41, 5.74) is 13.8. The fourth-order valence-corrected chi connectivity index (χ4v) is 5.96. The highest BCUT2D eigenvalue weighted by Gasteiger charge is 2.18. The zero-order valence-corrected chi connectivity index (χ0v) is 31.9. The van der Waals surface area contributed by atoms with E-state index in [9.17, 15) is 19.2 Å². The van der Waals surface area contributed by atoms with Crippen molar-refractivity contribution in [2.45, 2.75) is 65.2 Å². The van der Waals surface area contributed by atoms with Gasteiger partial charge >= 0.3 is 5.97 Å². The van der Waals surface area contributed by atoms with E-state index in [0.29, 0.717) is 12.8 Å². The van der Waals surface area contributed by atoms with E-state index in [2.05, 4.69) is 16.0 Å². The molecule has 11 nitrogen and oxygen atoms in total. The number of methoxy groups -OCH3 is 2. The van der Waals surface area contributed by atoms with Crippen molar-refractivity contribution in [2.75, 3.05) is 35.9 Å². The molecular weight excluding hydrogens is 697 g/mol. The SMILES string of the molecule is CC1=C(Nc2cccc(CC(=O)O)c2)CCCC1=O.COc1ccc(N)cc1.COc1ccc(NC(=O)Cc2cccc(NC3=C(C)C(=O)CCC3)c2)cc1. The van der Waals surface area contributed by atoms with Crippen LogP contribution < -0.4 is 31.2 Å². The molecule has 0 unspecified atom stereocenters. The van der Waals surface area contributed by atoms with Crippen molar-refractivity contribution in [3.05, 3.63) is 131 Å². The number of aliphatic carboxylic acids is 1. The summed E-state index contributed by atoms with van der Waals surface area (Å²) in [5, 5.41) is 18.3. The predicted octanol–water partition coefficient (Wildman–Crippen LogP) is 8.35. The van der Waals surface area contributed by atoms with E-state index >= 15 is 0 Å². The lowest BCUT2D eigenvalue weighted by molar-refractivity contribution is -0.136. The van der Waals surface area contributed by atoms with Gasteiger partial charge < -0.3 is 36.3 Å². The molecule has 0 saturated carbocycles. The second-order valence-electron chi connectivity index (χ2n) is 13.2. The van der Waals surface area contributed by atoms with Crippen molar-refractivity contribution in [1.29, 1.82) is 0 Å². The first-order valence-electron chi connectivity index (χ1n) is 18.2. The molecule has 0 heterocycles. The monoisotopic (exact) mass is 746 g/mol. The summed E-state index contributed by atoms with van der Waals surface area (Å²) in [7, 11) is 3.24. The average Bonchev–Trinajstić information content (AvgIpc) is 3.16. The summed E-state index contributed by atoms with van der Waals surface area (Å²) in [6, 6.07) is 29.5. The third-order valence-corrected chi connectivity index (χ3v) is 9.06. The lowest BCUT2D eigenvalue weighted by Gasteiger charge is -2.19. The number of nitrogens with one attached hydrogen (secondary N) is 3. The van der Waals surface area contributed by atoms with Gasteiger partial charge in [0, 0.05) is 58.1 Å². The Labute approximate surface area is 322 Å². The maximum Gasteiger partial charge on any atom is 0.307 e. The minimum Gasteiger partial charge on any atom is -0.497 e. The van der Waals surface area contributed by atoms with E-state index in [0.717, 1.165) is 93.6 Å². The summed E-state index contributed by atoms with van der Waals surface area (Å²) in [4.78, 5) is 46.5. The number of nitrogen functional groups attached to an aromatic ring is 1. The van der Waals surface area contributed by atoms with Crippen LogP contribution in [0, 0.1) is 0 Å². The van der Waals surface area contributed by atoms with Crippen LogP contribution in [0.3, 0.4) is 0 Å². The van der Waals surface area contributed by atoms with Gasteiger partial charge in [0.15, 0.2) is 11.6 Å². The van der Waals surface area contributed by atoms with Gasteiger partial charge in [0.25, 0.3) is 0 Å². The Kier molecular flexibility index (Phi) is 15.6. The van der Waals surface area contributed by atoms with Crippen LogP contribution in [0.5, 0.6) is 11.5 Å². The largest absolute Gasteiger partial charge is 0.497 e. The third kappa shape index (κ3) is 13.5. The van der Waals surface area contributed by atoms with Crippen molar-refractivity contribution < 1.29 is 33.8 Å². The molecule has 0 radical (unpaired) electrons. The van der Waals surface area contributed by atoms with Crippen molar-refractivity contribution in [3.63, 3.8) is 0 Å². The van der Waals surface area contributed by atoms with Gasteiger partial charge in [-0.15, -0.1) is 0 Å². The molecule has 0 bridgehead atoms. The van der Waals surface area contributed by atoms with Crippen LogP contribution >= 0.6 is 0 Å². The fourth-order valence-electron chi connectivity index (χ4n) is 5.96. The number of anilines is 4. The van der Waals surface area contributed by atoms with Crippen LogP contribution in [-0.2, 0) is 32.0 Å². The maximum atomic E-state index is 12.3. The van der Waals surface area contributed by atoms with Gasteiger partial charge in [-0.05, 0) is 123 Å². The first-order chi connectivity index (χ1) is 26.4. The van der Waals surface area contributed by atoms with Crippen LogP contribution in [0.2, 0.25) is 0 Å². The van der Waals surface area contributed by atoms with E-state index in [1.807, 2.05) is 92.7 Å². The molecule has 0 spiro atoms. The lowest BCUT2D eigenvalue weighted by atomic mass is 9.96. The summed E-state index contributed by atoms with van der Waals surface area (Å²) in [6.45, 7) is 3.71. The Morgan fingerprint density at radius 3 is 1.55 bits per heavy atom. The predicted molar refractivity (Wildman–Crippen MR) is 217 cm³/mol. The minimum atomic E-state index is -0.847. The number of ketones is 2. The Morgan fingerprint density at radius 2 is 1.09 bits per heavy atom. The minimum absolute atomic E-state index is 0.00643. The van der Waals surface area contributed by atoms with Crippen molar-refractivity contribution in [3.8, 4) is 11.5 Å². The molecule has 6 rings (SSSR count). The Hall–Kier alpha value is -6.36. The molecule has 2 aliphatic rings. The smallest absolute Gasteiger partial charge is 0.307 e. The highest BCUT2D eigenvalue weighted by molar-refractivity contribution is 5.97. The van der Waals surface area contributed by atoms with Crippen molar-refractivity contribution in [2.24, 2.45) is 0 Å². The van der Waals surface area contributed by atoms with Crippen molar-refractivity contribution >= 4 is 46.2 Å². The summed E-state index contributed by atoms with van der Waals surface area (Å²) in [5.74, 6) is 1.05. The maximum absolute atomic E-state index is 12.3. The Balaban J connectivity index is 0.000000207. The zero-order valence-electron chi connectivity index (χ0n) is 31.9.